The number of carbonyl (C=O) groups is 2. The molecule has 19 heavy (non-hydrogen) atoms. The maximum absolute atomic E-state index is 12.7. The summed E-state index contributed by atoms with van der Waals surface area (Å²) in [5.41, 5.74) is 1.07. The van der Waals surface area contributed by atoms with Gasteiger partial charge in [-0.15, -0.1) is 0 Å². The smallest absolute Gasteiger partial charge is 0.237 e. The Morgan fingerprint density at radius 3 is 2.84 bits per heavy atom. The zero-order valence-electron chi connectivity index (χ0n) is 10.9. The quantitative estimate of drug-likeness (QED) is 0.767. The molecule has 0 bridgehead atoms. The van der Waals surface area contributed by atoms with Gasteiger partial charge in [0.1, 0.15) is 5.41 Å². The van der Waals surface area contributed by atoms with Gasteiger partial charge in [-0.1, -0.05) is 18.2 Å². The van der Waals surface area contributed by atoms with Crippen LogP contribution in [0, 0.1) is 0 Å². The number of fused-ring (bicyclic) bond motifs is 4. The molecule has 0 radical (unpaired) electrons. The molecule has 98 valence electrons. The van der Waals surface area contributed by atoms with Crippen LogP contribution in [0.1, 0.15) is 31.7 Å². The normalized spacial score (nSPS) is 35.7. The summed E-state index contributed by atoms with van der Waals surface area (Å²) in [5, 5.41) is 3.01. The van der Waals surface area contributed by atoms with Gasteiger partial charge in [-0.05, 0) is 31.4 Å². The Labute approximate surface area is 111 Å². The second-order valence-corrected chi connectivity index (χ2v) is 5.97. The van der Waals surface area contributed by atoms with Gasteiger partial charge < -0.3 is 10.2 Å². The number of hydrogen-bond donors (Lipinski definition) is 1. The molecule has 2 fully saturated rings. The Hall–Kier alpha value is -1.84. The topological polar surface area (TPSA) is 49.4 Å². The molecular weight excluding hydrogens is 240 g/mol. The van der Waals surface area contributed by atoms with Crippen molar-refractivity contribution in [1.82, 2.24) is 4.90 Å². The number of amides is 2. The van der Waals surface area contributed by atoms with Crippen molar-refractivity contribution in [2.45, 2.75) is 37.1 Å². The van der Waals surface area contributed by atoms with Crippen LogP contribution in [0.15, 0.2) is 24.3 Å². The molecule has 1 N–H and O–H groups in total. The fourth-order valence-electron chi connectivity index (χ4n) is 4.36. The number of anilines is 1. The maximum Gasteiger partial charge on any atom is 0.237 e. The summed E-state index contributed by atoms with van der Waals surface area (Å²) in [7, 11) is 0. The summed E-state index contributed by atoms with van der Waals surface area (Å²) in [4.78, 5) is 26.6. The Bertz CT molecular complexity index is 612. The van der Waals surface area contributed by atoms with E-state index in [1.807, 2.05) is 29.2 Å². The van der Waals surface area contributed by atoms with Crippen LogP contribution in [-0.2, 0) is 15.0 Å². The molecule has 2 amide bonds. The number of carbonyl (C=O) groups excluding carboxylic acids is 2. The molecule has 0 unspecified atom stereocenters. The first kappa shape index (κ1) is 11.0. The van der Waals surface area contributed by atoms with Crippen molar-refractivity contribution in [2.75, 3.05) is 11.9 Å². The predicted molar refractivity (Wildman–Crippen MR) is 70.7 cm³/mol. The van der Waals surface area contributed by atoms with Crippen LogP contribution in [0.2, 0.25) is 0 Å². The van der Waals surface area contributed by atoms with Crippen LogP contribution in [0.5, 0.6) is 0 Å². The number of benzene rings is 1. The van der Waals surface area contributed by atoms with Crippen LogP contribution in [0.25, 0.3) is 0 Å². The van der Waals surface area contributed by atoms with E-state index in [1.54, 1.807) is 0 Å². The van der Waals surface area contributed by atoms with Gasteiger partial charge in [-0.25, -0.2) is 0 Å². The number of nitrogens with one attached hydrogen (secondary N) is 1. The monoisotopic (exact) mass is 256 g/mol. The van der Waals surface area contributed by atoms with E-state index in [4.69, 9.17) is 0 Å². The average Bonchev–Trinajstić information content (AvgIpc) is 2.96. The third-order valence-electron chi connectivity index (χ3n) is 5.37. The summed E-state index contributed by atoms with van der Waals surface area (Å²) in [6, 6.07) is 7.90. The Balaban J connectivity index is 1.96. The first-order valence-electron chi connectivity index (χ1n) is 6.81. The molecule has 4 nitrogen and oxygen atoms in total. The highest BCUT2D eigenvalue weighted by Crippen LogP contribution is 2.57. The van der Waals surface area contributed by atoms with Crippen molar-refractivity contribution in [3.05, 3.63) is 29.8 Å². The molecule has 3 aliphatic heterocycles. The fraction of sp³-hybridized carbons (Fsp3) is 0.467. The highest BCUT2D eigenvalue weighted by atomic mass is 16.2. The van der Waals surface area contributed by atoms with Crippen molar-refractivity contribution in [2.24, 2.45) is 0 Å². The number of rotatable bonds is 0. The largest absolute Gasteiger partial charge is 0.336 e. The second-order valence-electron chi connectivity index (χ2n) is 5.97. The van der Waals surface area contributed by atoms with E-state index in [-0.39, 0.29) is 17.4 Å². The lowest BCUT2D eigenvalue weighted by molar-refractivity contribution is -0.131. The number of para-hydroxylation sites is 1. The van der Waals surface area contributed by atoms with Gasteiger partial charge in [0.25, 0.3) is 0 Å². The van der Waals surface area contributed by atoms with Crippen LogP contribution in [0.4, 0.5) is 5.69 Å². The first-order chi connectivity index (χ1) is 9.09. The lowest BCUT2D eigenvalue weighted by atomic mass is 9.66. The van der Waals surface area contributed by atoms with Gasteiger partial charge >= 0.3 is 0 Å². The van der Waals surface area contributed by atoms with Crippen LogP contribution in [-0.4, -0.2) is 28.8 Å². The van der Waals surface area contributed by atoms with Crippen molar-refractivity contribution >= 4 is 17.5 Å². The molecule has 0 aromatic heterocycles. The molecule has 3 heterocycles. The third kappa shape index (κ3) is 1.03. The van der Waals surface area contributed by atoms with Crippen molar-refractivity contribution < 1.29 is 9.59 Å². The Morgan fingerprint density at radius 1 is 1.21 bits per heavy atom. The van der Waals surface area contributed by atoms with Gasteiger partial charge in [0.15, 0.2) is 0 Å². The van der Waals surface area contributed by atoms with E-state index < -0.39 is 5.41 Å². The Morgan fingerprint density at radius 2 is 2.00 bits per heavy atom. The minimum atomic E-state index is -0.546. The standard InChI is InChI=1S/C15H16N2O2/c1-14-7-6-12(18)17(14)9-8-15(14)10-4-2-3-5-11(10)16-13(15)19/h2-5H,6-9H2,1H3,(H,16,19)/t14-,15-/m1/s1. The molecule has 4 rings (SSSR count). The predicted octanol–water partition coefficient (Wildman–Crippen LogP) is 1.66. The fourth-order valence-corrected chi connectivity index (χ4v) is 4.36. The minimum absolute atomic E-state index is 0.0633. The van der Waals surface area contributed by atoms with E-state index in [2.05, 4.69) is 12.2 Å². The maximum atomic E-state index is 12.7. The van der Waals surface area contributed by atoms with Crippen LogP contribution in [0.3, 0.4) is 0 Å². The summed E-state index contributed by atoms with van der Waals surface area (Å²) in [6.07, 6.45) is 2.07. The molecule has 2 saturated heterocycles. The summed E-state index contributed by atoms with van der Waals surface area (Å²) < 4.78 is 0. The SMILES string of the molecule is C[C@]12CCC(=O)N1CC[C@@]21C(=O)Nc2ccccc21. The zero-order valence-corrected chi connectivity index (χ0v) is 10.9. The summed E-state index contributed by atoms with van der Waals surface area (Å²) in [6.45, 7) is 2.77. The summed E-state index contributed by atoms with van der Waals surface area (Å²) in [5.74, 6) is 0.255. The molecule has 3 aliphatic rings. The van der Waals surface area contributed by atoms with E-state index >= 15 is 0 Å². The van der Waals surface area contributed by atoms with Gasteiger partial charge in [0.05, 0.1) is 5.54 Å². The lowest BCUT2D eigenvalue weighted by Gasteiger charge is -2.39. The van der Waals surface area contributed by atoms with Gasteiger partial charge in [-0.2, -0.15) is 0 Å². The van der Waals surface area contributed by atoms with Crippen molar-refractivity contribution in [1.29, 1.82) is 0 Å². The van der Waals surface area contributed by atoms with E-state index in [1.165, 1.54) is 0 Å². The highest BCUT2D eigenvalue weighted by molar-refractivity contribution is 6.08. The molecule has 0 aliphatic carbocycles. The molecule has 2 atom stereocenters. The molecule has 1 spiro atoms. The third-order valence-corrected chi connectivity index (χ3v) is 5.37. The number of nitrogens with zero attached hydrogens (tertiary/aromatic N) is 1. The minimum Gasteiger partial charge on any atom is -0.336 e. The average molecular weight is 256 g/mol. The van der Waals surface area contributed by atoms with E-state index in [9.17, 15) is 9.59 Å². The first-order valence-corrected chi connectivity index (χ1v) is 6.81. The van der Waals surface area contributed by atoms with Gasteiger partial charge in [0, 0.05) is 18.7 Å². The van der Waals surface area contributed by atoms with Crippen LogP contribution >= 0.6 is 0 Å². The van der Waals surface area contributed by atoms with Crippen molar-refractivity contribution in [3.8, 4) is 0 Å². The lowest BCUT2D eigenvalue weighted by Crippen LogP contribution is -2.54. The zero-order chi connectivity index (χ0) is 13.3. The molecule has 4 heteroatoms. The van der Waals surface area contributed by atoms with Gasteiger partial charge in [0.2, 0.25) is 11.8 Å². The molecule has 0 saturated carbocycles. The second kappa shape index (κ2) is 3.18. The molecule has 1 aromatic rings. The van der Waals surface area contributed by atoms with Crippen LogP contribution < -0.4 is 5.32 Å². The number of hydrogen-bond acceptors (Lipinski definition) is 2. The molecular formula is C15H16N2O2. The van der Waals surface area contributed by atoms with Crippen molar-refractivity contribution in [3.63, 3.8) is 0 Å². The van der Waals surface area contributed by atoms with E-state index in [0.717, 1.165) is 24.1 Å². The highest BCUT2D eigenvalue weighted by Gasteiger charge is 2.67. The van der Waals surface area contributed by atoms with Gasteiger partial charge in [-0.3, -0.25) is 9.59 Å². The summed E-state index contributed by atoms with van der Waals surface area (Å²) >= 11 is 0. The van der Waals surface area contributed by atoms with E-state index in [0.29, 0.717) is 13.0 Å². The molecule has 1 aromatic carbocycles. The Kier molecular flexibility index (Phi) is 1.85.